The molecule has 1 saturated heterocycles. The molecule has 2 aromatic heterocycles. The van der Waals surface area contributed by atoms with Gasteiger partial charge in [-0.25, -0.2) is 4.98 Å². The predicted molar refractivity (Wildman–Crippen MR) is 91.3 cm³/mol. The molecule has 4 rings (SSSR count). The van der Waals surface area contributed by atoms with Gasteiger partial charge in [-0.1, -0.05) is 12.1 Å². The zero-order valence-corrected chi connectivity index (χ0v) is 13.8. The van der Waals surface area contributed by atoms with Crippen molar-refractivity contribution in [2.75, 3.05) is 6.54 Å². The fourth-order valence-corrected chi connectivity index (χ4v) is 3.52. The lowest BCUT2D eigenvalue weighted by molar-refractivity contribution is -0.132. The minimum atomic E-state index is 0.168. The van der Waals surface area contributed by atoms with Crippen molar-refractivity contribution in [1.82, 2.24) is 24.6 Å². The van der Waals surface area contributed by atoms with Crippen LogP contribution in [0.25, 0.3) is 11.0 Å². The number of hydrogen-bond acceptors (Lipinski definition) is 3. The molecule has 1 fully saturated rings. The number of nitrogens with one attached hydrogen (secondary N) is 1. The van der Waals surface area contributed by atoms with Gasteiger partial charge in [0.05, 0.1) is 23.3 Å². The van der Waals surface area contributed by atoms with Crippen LogP contribution < -0.4 is 0 Å². The number of fused-ring (bicyclic) bond motifs is 1. The van der Waals surface area contributed by atoms with Crippen molar-refractivity contribution in [3.63, 3.8) is 0 Å². The minimum absolute atomic E-state index is 0.168. The molecule has 6 nitrogen and oxygen atoms in total. The predicted octanol–water partition coefficient (Wildman–Crippen LogP) is 2.59. The van der Waals surface area contributed by atoms with Gasteiger partial charge in [0.15, 0.2) is 0 Å². The number of carbonyl (C=O) groups excluding carboxylic acids is 1. The third-order valence-corrected chi connectivity index (χ3v) is 4.70. The van der Waals surface area contributed by atoms with Crippen LogP contribution in [-0.2, 0) is 18.3 Å². The van der Waals surface area contributed by atoms with Gasteiger partial charge in [0, 0.05) is 38.2 Å². The molecule has 1 aliphatic rings. The maximum atomic E-state index is 12.7. The van der Waals surface area contributed by atoms with Crippen LogP contribution >= 0.6 is 0 Å². The zero-order valence-electron chi connectivity index (χ0n) is 13.8. The molecule has 1 aliphatic heterocycles. The number of H-pyrrole nitrogens is 1. The number of benzene rings is 1. The topological polar surface area (TPSA) is 66.8 Å². The van der Waals surface area contributed by atoms with E-state index in [4.69, 9.17) is 0 Å². The second-order valence-electron chi connectivity index (χ2n) is 6.39. The molecule has 3 heterocycles. The number of hydrogen-bond donors (Lipinski definition) is 1. The largest absolute Gasteiger partial charge is 0.342 e. The second kappa shape index (κ2) is 6.11. The lowest BCUT2D eigenvalue weighted by atomic mass is 10.1. The molecule has 0 radical (unpaired) electrons. The van der Waals surface area contributed by atoms with Crippen LogP contribution in [0.4, 0.5) is 0 Å². The quantitative estimate of drug-likeness (QED) is 0.802. The van der Waals surface area contributed by atoms with Gasteiger partial charge in [0.1, 0.15) is 5.82 Å². The summed E-state index contributed by atoms with van der Waals surface area (Å²) < 4.78 is 1.80. The van der Waals surface area contributed by atoms with Crippen molar-refractivity contribution >= 4 is 16.9 Å². The number of aryl methyl sites for hydroxylation is 2. The Hall–Kier alpha value is -2.63. The highest BCUT2D eigenvalue weighted by molar-refractivity contribution is 5.78. The highest BCUT2D eigenvalue weighted by Gasteiger charge is 2.30. The van der Waals surface area contributed by atoms with Gasteiger partial charge < -0.3 is 9.88 Å². The lowest BCUT2D eigenvalue weighted by Crippen LogP contribution is -2.30. The Bertz CT molecular complexity index is 832. The van der Waals surface area contributed by atoms with Crippen LogP contribution in [0.3, 0.4) is 0 Å². The molecular formula is C18H21N5O. The molecule has 124 valence electrons. The lowest BCUT2D eigenvalue weighted by Gasteiger charge is -2.23. The van der Waals surface area contributed by atoms with E-state index in [0.717, 1.165) is 41.8 Å². The van der Waals surface area contributed by atoms with E-state index in [1.807, 2.05) is 48.6 Å². The zero-order chi connectivity index (χ0) is 16.5. The SMILES string of the molecule is Cn1cc([C@H]2CCCN2C(=O)CCc2nc3ccccc3[nH]2)cn1. The molecule has 24 heavy (non-hydrogen) atoms. The summed E-state index contributed by atoms with van der Waals surface area (Å²) in [5.74, 6) is 1.07. The van der Waals surface area contributed by atoms with Gasteiger partial charge in [-0.3, -0.25) is 9.48 Å². The average molecular weight is 323 g/mol. The maximum absolute atomic E-state index is 12.7. The monoisotopic (exact) mass is 323 g/mol. The van der Waals surface area contributed by atoms with E-state index >= 15 is 0 Å². The first-order valence-electron chi connectivity index (χ1n) is 8.42. The van der Waals surface area contributed by atoms with Crippen LogP contribution in [0.2, 0.25) is 0 Å². The number of rotatable bonds is 4. The van der Waals surface area contributed by atoms with Crippen molar-refractivity contribution in [1.29, 1.82) is 0 Å². The first-order valence-corrected chi connectivity index (χ1v) is 8.42. The summed E-state index contributed by atoms with van der Waals surface area (Å²) in [6, 6.07) is 8.11. The molecule has 0 aliphatic carbocycles. The van der Waals surface area contributed by atoms with Crippen molar-refractivity contribution in [3.8, 4) is 0 Å². The molecule has 0 saturated carbocycles. The second-order valence-corrected chi connectivity index (χ2v) is 6.39. The highest BCUT2D eigenvalue weighted by atomic mass is 16.2. The maximum Gasteiger partial charge on any atom is 0.223 e. The van der Waals surface area contributed by atoms with E-state index in [9.17, 15) is 4.79 Å². The smallest absolute Gasteiger partial charge is 0.223 e. The number of amides is 1. The average Bonchev–Trinajstić information content (AvgIpc) is 3.30. The molecule has 0 spiro atoms. The summed E-state index contributed by atoms with van der Waals surface area (Å²) in [6.45, 7) is 0.832. The molecule has 3 aromatic rings. The fraction of sp³-hybridized carbons (Fsp3) is 0.389. The van der Waals surface area contributed by atoms with Gasteiger partial charge in [-0.05, 0) is 25.0 Å². The summed E-state index contributed by atoms with van der Waals surface area (Å²) in [5, 5.41) is 4.24. The molecule has 1 N–H and O–H groups in total. The van der Waals surface area contributed by atoms with Gasteiger partial charge in [0.2, 0.25) is 5.91 Å². The molecule has 1 aromatic carbocycles. The number of para-hydroxylation sites is 2. The van der Waals surface area contributed by atoms with Crippen molar-refractivity contribution in [2.45, 2.75) is 31.7 Å². The van der Waals surface area contributed by atoms with Gasteiger partial charge in [-0.15, -0.1) is 0 Å². The summed E-state index contributed by atoms with van der Waals surface area (Å²) in [6.07, 6.45) is 7.07. The summed E-state index contributed by atoms with van der Waals surface area (Å²) in [5.41, 5.74) is 3.11. The van der Waals surface area contributed by atoms with Crippen LogP contribution in [0, 0.1) is 0 Å². The Morgan fingerprint density at radius 1 is 1.38 bits per heavy atom. The highest BCUT2D eigenvalue weighted by Crippen LogP contribution is 2.32. The van der Waals surface area contributed by atoms with E-state index in [2.05, 4.69) is 15.1 Å². The number of aromatic amines is 1. The Labute approximate surface area is 140 Å². The third kappa shape index (κ3) is 2.79. The van der Waals surface area contributed by atoms with Crippen molar-refractivity contribution < 1.29 is 4.79 Å². The van der Waals surface area contributed by atoms with Crippen molar-refractivity contribution in [3.05, 3.63) is 48.0 Å². The van der Waals surface area contributed by atoms with Crippen LogP contribution in [0.1, 0.15) is 36.7 Å². The summed E-state index contributed by atoms with van der Waals surface area (Å²) in [4.78, 5) is 22.5. The molecule has 0 bridgehead atoms. The molecule has 1 amide bonds. The Balaban J connectivity index is 1.43. The van der Waals surface area contributed by atoms with E-state index in [1.165, 1.54) is 0 Å². The van der Waals surface area contributed by atoms with Crippen LogP contribution in [-0.4, -0.2) is 37.1 Å². The third-order valence-electron chi connectivity index (χ3n) is 4.70. The van der Waals surface area contributed by atoms with Crippen molar-refractivity contribution in [2.24, 2.45) is 7.05 Å². The van der Waals surface area contributed by atoms with Crippen LogP contribution in [0.5, 0.6) is 0 Å². The normalized spacial score (nSPS) is 17.7. The number of imidazole rings is 1. The van der Waals surface area contributed by atoms with Gasteiger partial charge in [-0.2, -0.15) is 5.10 Å². The van der Waals surface area contributed by atoms with Crippen LogP contribution in [0.15, 0.2) is 36.7 Å². The standard InChI is InChI=1S/C18H21N5O/c1-22-12-13(11-19-22)16-7-4-10-23(16)18(24)9-8-17-20-14-5-2-3-6-15(14)21-17/h2-3,5-6,11-12,16H,4,7-10H2,1H3,(H,20,21)/t16-/m1/s1. The number of likely N-dealkylation sites (tertiary alicyclic amines) is 1. The van der Waals surface area contributed by atoms with E-state index < -0.39 is 0 Å². The first kappa shape index (κ1) is 14.9. The van der Waals surface area contributed by atoms with Gasteiger partial charge >= 0.3 is 0 Å². The first-order chi connectivity index (χ1) is 11.7. The molecule has 0 unspecified atom stereocenters. The fourth-order valence-electron chi connectivity index (χ4n) is 3.52. The van der Waals surface area contributed by atoms with E-state index in [0.29, 0.717) is 12.8 Å². The molecular weight excluding hydrogens is 302 g/mol. The minimum Gasteiger partial charge on any atom is -0.342 e. The summed E-state index contributed by atoms with van der Waals surface area (Å²) >= 11 is 0. The molecule has 6 heteroatoms. The van der Waals surface area contributed by atoms with E-state index in [-0.39, 0.29) is 11.9 Å². The summed E-state index contributed by atoms with van der Waals surface area (Å²) in [7, 11) is 1.91. The van der Waals surface area contributed by atoms with Gasteiger partial charge in [0.25, 0.3) is 0 Å². The van der Waals surface area contributed by atoms with E-state index in [1.54, 1.807) is 4.68 Å². The number of carbonyl (C=O) groups is 1. The Kier molecular flexibility index (Phi) is 3.80. The molecule has 1 atom stereocenters. The Morgan fingerprint density at radius 3 is 3.04 bits per heavy atom. The number of nitrogens with zero attached hydrogens (tertiary/aromatic N) is 4. The Morgan fingerprint density at radius 2 is 2.25 bits per heavy atom. The number of aromatic nitrogens is 4.